The van der Waals surface area contributed by atoms with Crippen molar-refractivity contribution < 1.29 is 9.18 Å². The Kier molecular flexibility index (Phi) is 4.35. The Morgan fingerprint density at radius 1 is 1.45 bits per heavy atom. The van der Waals surface area contributed by atoms with Crippen LogP contribution in [0.3, 0.4) is 0 Å². The van der Waals surface area contributed by atoms with Gasteiger partial charge in [-0.2, -0.15) is 0 Å². The Labute approximate surface area is 124 Å². The van der Waals surface area contributed by atoms with Crippen LogP contribution in [-0.2, 0) is 10.2 Å². The van der Waals surface area contributed by atoms with E-state index in [1.807, 2.05) is 11.0 Å². The molecule has 1 aliphatic heterocycles. The summed E-state index contributed by atoms with van der Waals surface area (Å²) in [5.41, 5.74) is 0.391. The van der Waals surface area contributed by atoms with Gasteiger partial charge in [0.15, 0.2) is 0 Å². The Hall–Kier alpha value is -1.13. The molecule has 0 radical (unpaired) electrons. The van der Waals surface area contributed by atoms with Crippen molar-refractivity contribution in [1.82, 2.24) is 10.2 Å². The van der Waals surface area contributed by atoms with Gasteiger partial charge in [0.25, 0.3) is 0 Å². The molecule has 0 bridgehead atoms. The fraction of sp³-hybridized carbons (Fsp3) is 0.533. The lowest BCUT2D eigenvalue weighted by atomic mass is 9.93. The van der Waals surface area contributed by atoms with E-state index < -0.39 is 5.41 Å². The van der Waals surface area contributed by atoms with Gasteiger partial charge in [-0.3, -0.25) is 4.79 Å². The molecular formula is C15H20ClFN2O. The summed E-state index contributed by atoms with van der Waals surface area (Å²) in [6, 6.07) is 6.84. The van der Waals surface area contributed by atoms with Crippen LogP contribution in [0.15, 0.2) is 24.3 Å². The van der Waals surface area contributed by atoms with Crippen LogP contribution in [-0.4, -0.2) is 36.5 Å². The minimum absolute atomic E-state index is 0. The molecule has 1 N–H and O–H groups in total. The van der Waals surface area contributed by atoms with Gasteiger partial charge in [0.1, 0.15) is 5.82 Å². The molecule has 20 heavy (non-hydrogen) atoms. The Bertz CT molecular complexity index is 504. The first-order valence-corrected chi connectivity index (χ1v) is 6.91. The second-order valence-electron chi connectivity index (χ2n) is 5.70. The number of carbonyl (C=O) groups excluding carboxylic acids is 1. The Balaban J connectivity index is 0.00000147. The van der Waals surface area contributed by atoms with Crippen molar-refractivity contribution in [3.63, 3.8) is 0 Å². The second-order valence-corrected chi connectivity index (χ2v) is 5.70. The maximum Gasteiger partial charge on any atom is 0.233 e. The lowest BCUT2D eigenvalue weighted by Gasteiger charge is -2.34. The molecule has 1 amide bonds. The standard InChI is InChI=1S/C15H19FN2O.ClH/c1-11-10-18(8-7-17-11)14(19)15(5-6-15)12-3-2-4-13(16)9-12;/h2-4,9,11,17H,5-8,10H2,1H3;1H. The first kappa shape index (κ1) is 15.3. The number of piperazine rings is 1. The van der Waals surface area contributed by atoms with Crippen molar-refractivity contribution in [3.05, 3.63) is 35.6 Å². The summed E-state index contributed by atoms with van der Waals surface area (Å²) in [7, 11) is 0. The van der Waals surface area contributed by atoms with E-state index in [4.69, 9.17) is 0 Å². The molecule has 1 atom stereocenters. The number of halogens is 2. The third kappa shape index (κ3) is 2.67. The summed E-state index contributed by atoms with van der Waals surface area (Å²) in [6.45, 7) is 4.42. The SMILES string of the molecule is CC1CN(C(=O)C2(c3cccc(F)c3)CC2)CCN1.Cl. The van der Waals surface area contributed by atoms with Gasteiger partial charge in [-0.05, 0) is 37.5 Å². The Morgan fingerprint density at radius 3 is 2.80 bits per heavy atom. The summed E-state index contributed by atoms with van der Waals surface area (Å²) in [5, 5.41) is 3.33. The van der Waals surface area contributed by atoms with Crippen LogP contribution in [0.5, 0.6) is 0 Å². The van der Waals surface area contributed by atoms with E-state index in [9.17, 15) is 9.18 Å². The van der Waals surface area contributed by atoms with Gasteiger partial charge in [-0.15, -0.1) is 12.4 Å². The smallest absolute Gasteiger partial charge is 0.233 e. The van der Waals surface area contributed by atoms with Crippen LogP contribution in [0.4, 0.5) is 4.39 Å². The molecule has 1 aliphatic carbocycles. The molecule has 2 fully saturated rings. The van der Waals surface area contributed by atoms with Crippen molar-refractivity contribution in [1.29, 1.82) is 0 Å². The minimum atomic E-state index is -0.445. The van der Waals surface area contributed by atoms with Gasteiger partial charge < -0.3 is 10.2 Å². The number of carbonyl (C=O) groups is 1. The topological polar surface area (TPSA) is 32.3 Å². The number of nitrogens with zero attached hydrogens (tertiary/aromatic N) is 1. The molecule has 1 saturated heterocycles. The monoisotopic (exact) mass is 298 g/mol. The van der Waals surface area contributed by atoms with Gasteiger partial charge in [-0.1, -0.05) is 12.1 Å². The third-order valence-corrected chi connectivity index (χ3v) is 4.19. The predicted molar refractivity (Wildman–Crippen MR) is 78.6 cm³/mol. The van der Waals surface area contributed by atoms with Gasteiger partial charge >= 0.3 is 0 Å². The van der Waals surface area contributed by atoms with Crippen LogP contribution in [0.2, 0.25) is 0 Å². The molecule has 1 heterocycles. The molecule has 110 valence electrons. The highest BCUT2D eigenvalue weighted by atomic mass is 35.5. The number of amides is 1. The van der Waals surface area contributed by atoms with Crippen molar-refractivity contribution in [2.24, 2.45) is 0 Å². The lowest BCUT2D eigenvalue weighted by molar-refractivity contribution is -0.135. The summed E-state index contributed by atoms with van der Waals surface area (Å²) >= 11 is 0. The van der Waals surface area contributed by atoms with Crippen LogP contribution in [0.1, 0.15) is 25.3 Å². The molecule has 0 spiro atoms. The van der Waals surface area contributed by atoms with Crippen LogP contribution in [0, 0.1) is 5.82 Å². The first-order chi connectivity index (χ1) is 9.12. The van der Waals surface area contributed by atoms with E-state index >= 15 is 0 Å². The molecule has 1 saturated carbocycles. The summed E-state index contributed by atoms with van der Waals surface area (Å²) in [6.07, 6.45) is 1.68. The number of hydrogen-bond donors (Lipinski definition) is 1. The van der Waals surface area contributed by atoms with Crippen LogP contribution < -0.4 is 5.32 Å². The molecule has 1 aromatic carbocycles. The summed E-state index contributed by atoms with van der Waals surface area (Å²) < 4.78 is 13.4. The fourth-order valence-electron chi connectivity index (χ4n) is 2.96. The highest BCUT2D eigenvalue weighted by Gasteiger charge is 2.53. The predicted octanol–water partition coefficient (Wildman–Crippen LogP) is 2.10. The van der Waals surface area contributed by atoms with Crippen LogP contribution in [0.25, 0.3) is 0 Å². The third-order valence-electron chi connectivity index (χ3n) is 4.19. The maximum absolute atomic E-state index is 13.4. The zero-order chi connectivity index (χ0) is 13.5. The zero-order valence-corrected chi connectivity index (χ0v) is 12.4. The average Bonchev–Trinajstić information content (AvgIpc) is 3.19. The quantitative estimate of drug-likeness (QED) is 0.907. The lowest BCUT2D eigenvalue weighted by Crippen LogP contribution is -2.53. The highest BCUT2D eigenvalue weighted by Crippen LogP contribution is 2.49. The van der Waals surface area contributed by atoms with E-state index in [0.717, 1.165) is 38.0 Å². The number of nitrogens with one attached hydrogen (secondary N) is 1. The fourth-order valence-corrected chi connectivity index (χ4v) is 2.96. The zero-order valence-electron chi connectivity index (χ0n) is 11.6. The number of rotatable bonds is 2. The van der Waals surface area contributed by atoms with Gasteiger partial charge in [0.05, 0.1) is 5.41 Å². The van der Waals surface area contributed by atoms with E-state index in [2.05, 4.69) is 12.2 Å². The van der Waals surface area contributed by atoms with Gasteiger partial charge in [0, 0.05) is 25.7 Å². The van der Waals surface area contributed by atoms with E-state index in [1.54, 1.807) is 6.07 Å². The Morgan fingerprint density at radius 2 is 2.20 bits per heavy atom. The van der Waals surface area contributed by atoms with E-state index in [-0.39, 0.29) is 24.1 Å². The van der Waals surface area contributed by atoms with Crippen molar-refractivity contribution in [3.8, 4) is 0 Å². The molecule has 3 nitrogen and oxygen atoms in total. The molecule has 2 aliphatic rings. The summed E-state index contributed by atoms with van der Waals surface area (Å²) in [5.74, 6) is -0.0864. The second kappa shape index (κ2) is 5.70. The van der Waals surface area contributed by atoms with Crippen molar-refractivity contribution in [2.75, 3.05) is 19.6 Å². The maximum atomic E-state index is 13.4. The molecule has 1 aromatic rings. The summed E-state index contributed by atoms with van der Waals surface area (Å²) in [4.78, 5) is 14.6. The highest BCUT2D eigenvalue weighted by molar-refractivity contribution is 5.91. The van der Waals surface area contributed by atoms with Crippen molar-refractivity contribution in [2.45, 2.75) is 31.2 Å². The molecular weight excluding hydrogens is 279 g/mol. The molecule has 5 heteroatoms. The van der Waals surface area contributed by atoms with E-state index in [0.29, 0.717) is 6.04 Å². The van der Waals surface area contributed by atoms with Crippen molar-refractivity contribution >= 4 is 18.3 Å². The average molecular weight is 299 g/mol. The normalized spacial score (nSPS) is 23.9. The molecule has 1 unspecified atom stereocenters. The molecule has 0 aromatic heterocycles. The van der Waals surface area contributed by atoms with Crippen LogP contribution >= 0.6 is 12.4 Å². The molecule has 3 rings (SSSR count). The minimum Gasteiger partial charge on any atom is -0.339 e. The largest absolute Gasteiger partial charge is 0.339 e. The van der Waals surface area contributed by atoms with E-state index in [1.165, 1.54) is 12.1 Å². The van der Waals surface area contributed by atoms with Gasteiger partial charge in [-0.25, -0.2) is 4.39 Å². The number of hydrogen-bond acceptors (Lipinski definition) is 2. The number of benzene rings is 1. The first-order valence-electron chi connectivity index (χ1n) is 6.91. The van der Waals surface area contributed by atoms with Gasteiger partial charge in [0.2, 0.25) is 5.91 Å².